The van der Waals surface area contributed by atoms with E-state index in [0.29, 0.717) is 31.3 Å². The van der Waals surface area contributed by atoms with Crippen molar-refractivity contribution in [1.82, 2.24) is 4.57 Å². The Morgan fingerprint density at radius 3 is 2.61 bits per heavy atom. The van der Waals surface area contributed by atoms with E-state index < -0.39 is 6.04 Å². The second-order valence-electron chi connectivity index (χ2n) is 7.51. The summed E-state index contributed by atoms with van der Waals surface area (Å²) < 4.78 is 7.20. The Kier molecular flexibility index (Phi) is 5.58. The third kappa shape index (κ3) is 4.08. The zero-order valence-electron chi connectivity index (χ0n) is 17.5. The van der Waals surface area contributed by atoms with Gasteiger partial charge < -0.3 is 9.73 Å². The molecule has 5 rings (SSSR count). The summed E-state index contributed by atoms with van der Waals surface area (Å²) in [4.78, 5) is 32.1. The lowest BCUT2D eigenvalue weighted by Gasteiger charge is -2.25. The van der Waals surface area contributed by atoms with Gasteiger partial charge in [0.2, 0.25) is 0 Å². The molecule has 0 aliphatic carbocycles. The molecule has 3 heterocycles. The lowest BCUT2D eigenvalue weighted by molar-refractivity contribution is -0.113. The van der Waals surface area contributed by atoms with Crippen molar-refractivity contribution in [2.75, 3.05) is 5.32 Å². The Labute approximate surface area is 197 Å². The first kappa shape index (κ1) is 21.2. The minimum absolute atomic E-state index is 0.225. The van der Waals surface area contributed by atoms with Crippen molar-refractivity contribution in [3.63, 3.8) is 0 Å². The predicted octanol–water partition coefficient (Wildman–Crippen LogP) is 4.12. The van der Waals surface area contributed by atoms with Crippen molar-refractivity contribution in [1.29, 1.82) is 0 Å². The van der Waals surface area contributed by atoms with Crippen LogP contribution in [0.2, 0.25) is 5.02 Å². The summed E-state index contributed by atoms with van der Waals surface area (Å²) in [6.45, 7) is 1.79. The maximum absolute atomic E-state index is 13.5. The fourth-order valence-corrected chi connectivity index (χ4v) is 4.97. The third-order valence-corrected chi connectivity index (χ3v) is 6.56. The second kappa shape index (κ2) is 8.69. The predicted molar refractivity (Wildman–Crippen MR) is 129 cm³/mol. The maximum atomic E-state index is 13.5. The number of amides is 1. The number of para-hydroxylation sites is 1. The Morgan fingerprint density at radius 1 is 1.15 bits per heavy atom. The van der Waals surface area contributed by atoms with Crippen LogP contribution >= 0.6 is 22.9 Å². The topological polar surface area (TPSA) is 76.6 Å². The molecule has 0 fully saturated rings. The van der Waals surface area contributed by atoms with Gasteiger partial charge in [-0.2, -0.15) is 0 Å². The molecule has 164 valence electrons. The standard InChI is InChI=1S/C25H18ClN3O3S/c1-15-21(23(30)28-19-5-3-2-4-6-19)22(17-7-9-18(26)10-8-17)29-24(31)20(33-25(29)27-15)13-16-11-12-32-14-16/h2-14,22H,1H3,(H,28,30). The summed E-state index contributed by atoms with van der Waals surface area (Å²) in [5.41, 5.74) is 2.94. The number of anilines is 1. The average molecular weight is 476 g/mol. The number of nitrogens with zero attached hydrogens (tertiary/aromatic N) is 2. The van der Waals surface area contributed by atoms with Crippen molar-refractivity contribution in [3.05, 3.63) is 120 Å². The van der Waals surface area contributed by atoms with Crippen LogP contribution in [-0.4, -0.2) is 10.5 Å². The van der Waals surface area contributed by atoms with E-state index in [1.165, 1.54) is 11.3 Å². The monoisotopic (exact) mass is 475 g/mol. The Morgan fingerprint density at radius 2 is 1.91 bits per heavy atom. The fourth-order valence-electron chi connectivity index (χ4n) is 3.80. The number of halogens is 1. The largest absolute Gasteiger partial charge is 0.472 e. The van der Waals surface area contributed by atoms with Crippen molar-refractivity contribution in [2.24, 2.45) is 4.99 Å². The smallest absolute Gasteiger partial charge is 0.271 e. The molecule has 0 radical (unpaired) electrons. The molecule has 0 saturated carbocycles. The first-order valence-corrected chi connectivity index (χ1v) is 11.4. The number of rotatable bonds is 4. The van der Waals surface area contributed by atoms with Gasteiger partial charge in [-0.3, -0.25) is 14.2 Å². The van der Waals surface area contributed by atoms with Crippen LogP contribution in [0.3, 0.4) is 0 Å². The van der Waals surface area contributed by atoms with Gasteiger partial charge in [0, 0.05) is 16.3 Å². The quantitative estimate of drug-likeness (QED) is 0.482. The maximum Gasteiger partial charge on any atom is 0.271 e. The van der Waals surface area contributed by atoms with E-state index in [0.717, 1.165) is 11.1 Å². The highest BCUT2D eigenvalue weighted by Crippen LogP contribution is 2.31. The van der Waals surface area contributed by atoms with Crippen LogP contribution in [0.15, 0.2) is 98.7 Å². The van der Waals surface area contributed by atoms with Gasteiger partial charge in [-0.1, -0.05) is 53.3 Å². The van der Waals surface area contributed by atoms with Crippen LogP contribution in [0.5, 0.6) is 0 Å². The Bertz CT molecular complexity index is 1530. The molecular formula is C25H18ClN3O3S. The van der Waals surface area contributed by atoms with Crippen molar-refractivity contribution in [3.8, 4) is 0 Å². The fraction of sp³-hybridized carbons (Fsp3) is 0.0800. The molecule has 1 aliphatic rings. The van der Waals surface area contributed by atoms with Crippen molar-refractivity contribution in [2.45, 2.75) is 13.0 Å². The van der Waals surface area contributed by atoms with Crippen LogP contribution < -0.4 is 20.2 Å². The van der Waals surface area contributed by atoms with Crippen molar-refractivity contribution >= 4 is 40.6 Å². The number of carbonyl (C=O) groups excluding carboxylic acids is 1. The van der Waals surface area contributed by atoms with E-state index in [1.54, 1.807) is 48.3 Å². The van der Waals surface area contributed by atoms with Gasteiger partial charge in [-0.05, 0) is 48.9 Å². The second-order valence-corrected chi connectivity index (χ2v) is 8.96. The summed E-state index contributed by atoms with van der Waals surface area (Å²) in [5, 5.41) is 3.50. The lowest BCUT2D eigenvalue weighted by Crippen LogP contribution is -2.40. The van der Waals surface area contributed by atoms with Crippen molar-refractivity contribution < 1.29 is 9.21 Å². The SMILES string of the molecule is CC1=C(C(=O)Nc2ccccc2)C(c2ccc(Cl)cc2)n2c(sc(=Cc3ccoc3)c2=O)=N1. The van der Waals surface area contributed by atoms with Crippen LogP contribution in [0.4, 0.5) is 5.69 Å². The Hall–Kier alpha value is -3.68. The number of aromatic nitrogens is 1. The van der Waals surface area contributed by atoms with E-state index in [1.807, 2.05) is 42.5 Å². The van der Waals surface area contributed by atoms with Crippen LogP contribution in [-0.2, 0) is 4.79 Å². The molecule has 33 heavy (non-hydrogen) atoms. The summed E-state index contributed by atoms with van der Waals surface area (Å²) >= 11 is 7.39. The van der Waals surface area contributed by atoms with E-state index in [4.69, 9.17) is 16.0 Å². The molecule has 1 atom stereocenters. The third-order valence-electron chi connectivity index (χ3n) is 5.32. The summed E-state index contributed by atoms with van der Waals surface area (Å²) in [5.74, 6) is -0.313. The zero-order valence-corrected chi connectivity index (χ0v) is 19.1. The highest BCUT2D eigenvalue weighted by molar-refractivity contribution is 7.07. The molecule has 1 amide bonds. The van der Waals surface area contributed by atoms with Crippen LogP contribution in [0, 0.1) is 0 Å². The van der Waals surface area contributed by atoms with Gasteiger partial charge in [0.15, 0.2) is 4.80 Å². The molecule has 6 nitrogen and oxygen atoms in total. The summed E-state index contributed by atoms with van der Waals surface area (Å²) in [7, 11) is 0. The number of nitrogens with one attached hydrogen (secondary N) is 1. The minimum atomic E-state index is -0.645. The number of allylic oxidation sites excluding steroid dienone is 1. The number of fused-ring (bicyclic) bond motifs is 1. The normalized spacial score (nSPS) is 15.8. The van der Waals surface area contributed by atoms with Crippen LogP contribution in [0.1, 0.15) is 24.1 Å². The molecule has 0 bridgehead atoms. The molecule has 2 aromatic carbocycles. The molecule has 4 aromatic rings. The number of hydrogen-bond donors (Lipinski definition) is 1. The molecule has 8 heteroatoms. The molecular weight excluding hydrogens is 458 g/mol. The van der Waals surface area contributed by atoms with E-state index in [9.17, 15) is 9.59 Å². The van der Waals surface area contributed by atoms with Gasteiger partial charge in [-0.25, -0.2) is 4.99 Å². The molecule has 2 aromatic heterocycles. The van der Waals surface area contributed by atoms with Gasteiger partial charge in [-0.15, -0.1) is 0 Å². The van der Waals surface area contributed by atoms with E-state index >= 15 is 0 Å². The van der Waals surface area contributed by atoms with Gasteiger partial charge in [0.1, 0.15) is 0 Å². The Balaban J connectivity index is 1.68. The van der Waals surface area contributed by atoms with E-state index in [-0.39, 0.29) is 11.5 Å². The average Bonchev–Trinajstić information content (AvgIpc) is 3.42. The lowest BCUT2D eigenvalue weighted by atomic mass is 9.95. The first-order chi connectivity index (χ1) is 16.0. The number of hydrogen-bond acceptors (Lipinski definition) is 5. The minimum Gasteiger partial charge on any atom is -0.472 e. The van der Waals surface area contributed by atoms with Gasteiger partial charge >= 0.3 is 0 Å². The number of thiazole rings is 1. The van der Waals surface area contributed by atoms with Crippen LogP contribution in [0.25, 0.3) is 6.08 Å². The van der Waals surface area contributed by atoms with Gasteiger partial charge in [0.25, 0.3) is 11.5 Å². The van der Waals surface area contributed by atoms with E-state index in [2.05, 4.69) is 10.3 Å². The molecule has 0 saturated heterocycles. The molecule has 1 aliphatic heterocycles. The van der Waals surface area contributed by atoms with Gasteiger partial charge in [0.05, 0.1) is 34.4 Å². The number of benzene rings is 2. The summed E-state index contributed by atoms with van der Waals surface area (Å²) in [6.07, 6.45) is 4.88. The molecule has 0 spiro atoms. The zero-order chi connectivity index (χ0) is 22.9. The first-order valence-electron chi connectivity index (χ1n) is 10.2. The number of carbonyl (C=O) groups is 1. The summed E-state index contributed by atoms with van der Waals surface area (Å²) in [6, 6.07) is 17.5. The number of furan rings is 1. The molecule has 1 N–H and O–H groups in total. The highest BCUT2D eigenvalue weighted by atomic mass is 35.5. The highest BCUT2D eigenvalue weighted by Gasteiger charge is 2.32. The molecule has 1 unspecified atom stereocenters.